The van der Waals surface area contributed by atoms with Crippen LogP contribution in [0.5, 0.6) is 11.5 Å². The quantitative estimate of drug-likeness (QED) is 0.220. The van der Waals surface area contributed by atoms with Crippen LogP contribution in [0, 0.1) is 11.6 Å². The molecule has 1 unspecified atom stereocenters. The number of halogens is 3. The third kappa shape index (κ3) is 4.86. The van der Waals surface area contributed by atoms with E-state index < -0.39 is 23.4 Å². The van der Waals surface area contributed by atoms with Crippen molar-refractivity contribution in [3.05, 3.63) is 106 Å². The predicted octanol–water partition coefficient (Wildman–Crippen LogP) is 6.75. The number of carboxylic acid groups (broad SMARTS) is 1. The maximum atomic E-state index is 15.7. The summed E-state index contributed by atoms with van der Waals surface area (Å²) in [5, 5.41) is 9.94. The van der Waals surface area contributed by atoms with E-state index in [0.29, 0.717) is 52.0 Å². The zero-order valence-corrected chi connectivity index (χ0v) is 23.6. The van der Waals surface area contributed by atoms with Crippen LogP contribution < -0.4 is 9.47 Å². The highest BCUT2D eigenvalue weighted by Gasteiger charge is 2.42. The van der Waals surface area contributed by atoms with Crippen molar-refractivity contribution in [3.8, 4) is 22.6 Å². The molecule has 0 spiro atoms. The molecule has 0 bridgehead atoms. The Bertz CT molecular complexity index is 1910. The fourth-order valence-electron chi connectivity index (χ4n) is 5.46. The van der Waals surface area contributed by atoms with Crippen LogP contribution in [0.15, 0.2) is 66.9 Å². The Hall–Kier alpha value is -4.54. The van der Waals surface area contributed by atoms with Gasteiger partial charge in [0.25, 0.3) is 5.79 Å². The second kappa shape index (κ2) is 10.3. The van der Waals surface area contributed by atoms with Crippen molar-refractivity contribution in [1.29, 1.82) is 0 Å². The Labute approximate surface area is 249 Å². The van der Waals surface area contributed by atoms with E-state index in [1.54, 1.807) is 43.3 Å². The van der Waals surface area contributed by atoms with E-state index in [2.05, 4.69) is 4.98 Å². The van der Waals surface area contributed by atoms with Crippen LogP contribution in [-0.4, -0.2) is 38.3 Å². The van der Waals surface area contributed by atoms with Gasteiger partial charge in [0, 0.05) is 26.1 Å². The molecule has 7 rings (SSSR count). The molecule has 3 aromatic carbocycles. The summed E-state index contributed by atoms with van der Waals surface area (Å²) >= 11 is 5.97. The van der Waals surface area contributed by atoms with Gasteiger partial charge >= 0.3 is 5.97 Å². The predicted molar refractivity (Wildman–Crippen MR) is 154 cm³/mol. The average molecular weight is 604 g/mol. The lowest BCUT2D eigenvalue weighted by molar-refractivity contribution is -0.0715. The van der Waals surface area contributed by atoms with Crippen molar-refractivity contribution >= 4 is 28.6 Å². The molecule has 218 valence electrons. The standard InChI is InChI=1S/C32H24ClF2N3O5/c1-32(27-9-5-20(33)15-36-27)42-26-8-6-22(34)29(30(26)43-32)18-3-2-17(23(35)12-18)14-28-37-24-7-4-19(31(39)40)13-25(24)38(28)16-21-10-11-41-21/h2-9,12-13,15,21H,10-11,14,16H2,1H3,(H,39,40)/t21-,32?/m0/s1. The summed E-state index contributed by atoms with van der Waals surface area (Å²) in [6.45, 7) is 2.79. The lowest BCUT2D eigenvalue weighted by atomic mass is 10.00. The largest absolute Gasteiger partial charge is 0.478 e. The topological polar surface area (TPSA) is 95.7 Å². The number of aromatic nitrogens is 3. The first kappa shape index (κ1) is 27.3. The number of carbonyl (C=O) groups is 1. The van der Waals surface area contributed by atoms with Crippen molar-refractivity contribution in [3.63, 3.8) is 0 Å². The first-order valence-electron chi connectivity index (χ1n) is 13.6. The van der Waals surface area contributed by atoms with Gasteiger partial charge in [-0.3, -0.25) is 4.98 Å². The first-order valence-corrected chi connectivity index (χ1v) is 14.0. The van der Waals surface area contributed by atoms with Gasteiger partial charge in [0.15, 0.2) is 11.5 Å². The van der Waals surface area contributed by atoms with Gasteiger partial charge in [0.05, 0.1) is 39.8 Å². The molecule has 11 heteroatoms. The number of hydrogen-bond donors (Lipinski definition) is 1. The lowest BCUT2D eigenvalue weighted by Crippen LogP contribution is -2.32. The summed E-state index contributed by atoms with van der Waals surface area (Å²) in [7, 11) is 0. The molecule has 2 aliphatic rings. The van der Waals surface area contributed by atoms with Gasteiger partial charge in [-0.25, -0.2) is 18.6 Å². The van der Waals surface area contributed by atoms with Crippen LogP contribution in [0.2, 0.25) is 5.02 Å². The number of benzene rings is 3. The van der Waals surface area contributed by atoms with Gasteiger partial charge in [0.1, 0.15) is 23.2 Å². The van der Waals surface area contributed by atoms with Crippen LogP contribution in [0.1, 0.15) is 40.8 Å². The summed E-state index contributed by atoms with van der Waals surface area (Å²) in [6, 6.07) is 15.2. The van der Waals surface area contributed by atoms with E-state index in [-0.39, 0.29) is 35.0 Å². The van der Waals surface area contributed by atoms with E-state index in [4.69, 9.17) is 30.8 Å². The van der Waals surface area contributed by atoms with Crippen molar-refractivity contribution in [2.45, 2.75) is 38.2 Å². The van der Waals surface area contributed by atoms with Crippen LogP contribution in [0.25, 0.3) is 22.2 Å². The number of imidazole rings is 1. The van der Waals surface area contributed by atoms with E-state index in [0.717, 1.165) is 6.42 Å². The number of carboxylic acids is 1. The molecule has 5 aromatic rings. The van der Waals surface area contributed by atoms with Crippen molar-refractivity contribution in [1.82, 2.24) is 14.5 Å². The molecule has 1 N–H and O–H groups in total. The normalized spacial score (nSPS) is 19.0. The summed E-state index contributed by atoms with van der Waals surface area (Å²) in [4.78, 5) is 20.6. The molecular weight excluding hydrogens is 580 g/mol. The highest BCUT2D eigenvalue weighted by molar-refractivity contribution is 6.30. The molecule has 4 heterocycles. The zero-order chi connectivity index (χ0) is 29.9. The third-order valence-electron chi connectivity index (χ3n) is 7.81. The molecule has 0 radical (unpaired) electrons. The second-order valence-electron chi connectivity index (χ2n) is 10.7. The Balaban J connectivity index is 1.22. The van der Waals surface area contributed by atoms with Gasteiger partial charge in [-0.2, -0.15) is 0 Å². The van der Waals surface area contributed by atoms with Crippen molar-refractivity contribution in [2.75, 3.05) is 6.61 Å². The van der Waals surface area contributed by atoms with Crippen LogP contribution in [-0.2, 0) is 23.5 Å². The molecule has 0 amide bonds. The van der Waals surface area contributed by atoms with E-state index in [1.807, 2.05) is 4.57 Å². The maximum Gasteiger partial charge on any atom is 0.335 e. The second-order valence-corrected chi connectivity index (χ2v) is 11.1. The van der Waals surface area contributed by atoms with E-state index >= 15 is 8.78 Å². The molecule has 2 aromatic heterocycles. The highest BCUT2D eigenvalue weighted by atomic mass is 35.5. The Morgan fingerprint density at radius 1 is 1.09 bits per heavy atom. The van der Waals surface area contributed by atoms with E-state index in [9.17, 15) is 9.90 Å². The molecule has 1 saturated heterocycles. The van der Waals surface area contributed by atoms with Crippen molar-refractivity contribution in [2.24, 2.45) is 0 Å². The monoisotopic (exact) mass is 603 g/mol. The molecule has 0 saturated carbocycles. The molecule has 8 nitrogen and oxygen atoms in total. The number of aromatic carboxylic acids is 1. The minimum Gasteiger partial charge on any atom is -0.478 e. The highest BCUT2D eigenvalue weighted by Crippen LogP contribution is 2.50. The molecule has 43 heavy (non-hydrogen) atoms. The molecule has 1 fully saturated rings. The zero-order valence-electron chi connectivity index (χ0n) is 22.8. The maximum absolute atomic E-state index is 15.7. The smallest absolute Gasteiger partial charge is 0.335 e. The third-order valence-corrected chi connectivity index (χ3v) is 8.03. The fourth-order valence-corrected chi connectivity index (χ4v) is 5.57. The van der Waals surface area contributed by atoms with Crippen LogP contribution >= 0.6 is 11.6 Å². The van der Waals surface area contributed by atoms with Gasteiger partial charge in [-0.05, 0) is 66.1 Å². The summed E-state index contributed by atoms with van der Waals surface area (Å²) in [5.41, 5.74) is 2.50. The molecule has 2 aliphatic heterocycles. The number of nitrogens with zero attached hydrogens (tertiary/aromatic N) is 3. The SMILES string of the molecule is CC1(c2ccc(Cl)cn2)Oc2ccc(F)c(-c3ccc(Cc4nc5ccc(C(=O)O)cc5n4C[C@@H]4CCO4)c(F)c3)c2O1. The number of fused-ring (bicyclic) bond motifs is 2. The van der Waals surface area contributed by atoms with Crippen LogP contribution in [0.3, 0.4) is 0 Å². The van der Waals surface area contributed by atoms with E-state index in [1.165, 1.54) is 30.5 Å². The number of pyridine rings is 1. The summed E-state index contributed by atoms with van der Waals surface area (Å²) in [6.07, 6.45) is 2.43. The average Bonchev–Trinajstić information content (AvgIpc) is 3.48. The molecule has 0 aliphatic carbocycles. The number of ether oxygens (including phenoxy) is 3. The van der Waals surface area contributed by atoms with Crippen LogP contribution in [0.4, 0.5) is 8.78 Å². The van der Waals surface area contributed by atoms with Gasteiger partial charge in [0.2, 0.25) is 0 Å². The summed E-state index contributed by atoms with van der Waals surface area (Å²) in [5.74, 6) is -2.53. The minimum absolute atomic E-state index is 0.0315. The fraction of sp³-hybridized carbons (Fsp3) is 0.219. The minimum atomic E-state index is -1.34. The molecular formula is C32H24ClF2N3O5. The Morgan fingerprint density at radius 2 is 1.93 bits per heavy atom. The van der Waals surface area contributed by atoms with Gasteiger partial charge in [-0.15, -0.1) is 0 Å². The van der Waals surface area contributed by atoms with Gasteiger partial charge < -0.3 is 23.9 Å². The first-order chi connectivity index (χ1) is 20.7. The van der Waals surface area contributed by atoms with Gasteiger partial charge in [-0.1, -0.05) is 23.7 Å². The lowest BCUT2D eigenvalue weighted by Gasteiger charge is -2.27. The van der Waals surface area contributed by atoms with Crippen molar-refractivity contribution < 1.29 is 32.9 Å². The summed E-state index contributed by atoms with van der Waals surface area (Å²) < 4.78 is 50.6. The Morgan fingerprint density at radius 3 is 2.63 bits per heavy atom. The number of hydrogen-bond acceptors (Lipinski definition) is 6. The molecule has 2 atom stereocenters. The number of rotatable bonds is 7. The Kier molecular flexibility index (Phi) is 6.55.